The molecule has 25 heavy (non-hydrogen) atoms. The Morgan fingerprint density at radius 2 is 1.64 bits per heavy atom. The average molecular weight is 343 g/mol. The Bertz CT molecular complexity index is 814. The van der Waals surface area contributed by atoms with Gasteiger partial charge in [0.05, 0.1) is 18.5 Å². The SMILES string of the molecule is COCCn1c(-c2ccc(F)cc2)cnc1NCc1ccc(F)cc1. The fraction of sp³-hybridized carbons (Fsp3) is 0.211. The molecule has 0 bridgehead atoms. The van der Waals surface area contributed by atoms with Gasteiger partial charge in [-0.3, -0.25) is 0 Å². The third kappa shape index (κ3) is 4.22. The van der Waals surface area contributed by atoms with Crippen molar-refractivity contribution in [1.82, 2.24) is 9.55 Å². The van der Waals surface area contributed by atoms with Gasteiger partial charge in [0.2, 0.25) is 5.95 Å². The van der Waals surface area contributed by atoms with Gasteiger partial charge in [-0.15, -0.1) is 0 Å². The van der Waals surface area contributed by atoms with Gasteiger partial charge in [0.25, 0.3) is 0 Å². The second-order valence-electron chi connectivity index (χ2n) is 5.60. The number of benzene rings is 2. The lowest BCUT2D eigenvalue weighted by molar-refractivity contribution is 0.188. The molecule has 0 saturated heterocycles. The maximum absolute atomic E-state index is 13.2. The molecule has 3 rings (SSSR count). The van der Waals surface area contributed by atoms with E-state index in [2.05, 4.69) is 10.3 Å². The molecule has 0 aliphatic carbocycles. The summed E-state index contributed by atoms with van der Waals surface area (Å²) in [7, 11) is 1.64. The monoisotopic (exact) mass is 343 g/mol. The summed E-state index contributed by atoms with van der Waals surface area (Å²) in [6.07, 6.45) is 1.75. The summed E-state index contributed by atoms with van der Waals surface area (Å²) in [5.74, 6) is 0.144. The van der Waals surface area contributed by atoms with Crippen LogP contribution in [0.25, 0.3) is 11.3 Å². The van der Waals surface area contributed by atoms with E-state index >= 15 is 0 Å². The van der Waals surface area contributed by atoms with Crippen LogP contribution in [0.4, 0.5) is 14.7 Å². The van der Waals surface area contributed by atoms with Crippen molar-refractivity contribution in [3.8, 4) is 11.3 Å². The first kappa shape index (κ1) is 17.1. The van der Waals surface area contributed by atoms with Gasteiger partial charge in [-0.05, 0) is 42.0 Å². The van der Waals surface area contributed by atoms with E-state index in [0.717, 1.165) is 16.8 Å². The normalized spacial score (nSPS) is 10.8. The third-order valence-corrected chi connectivity index (χ3v) is 3.88. The molecule has 2 aromatic carbocycles. The van der Waals surface area contributed by atoms with E-state index in [4.69, 9.17) is 4.74 Å². The number of halogens is 2. The molecule has 0 radical (unpaired) electrons. The van der Waals surface area contributed by atoms with Gasteiger partial charge in [0.15, 0.2) is 0 Å². The van der Waals surface area contributed by atoms with E-state index < -0.39 is 0 Å². The standard InChI is InChI=1S/C19H19F2N3O/c1-25-11-10-24-18(15-4-8-17(21)9-5-15)13-23-19(24)22-12-14-2-6-16(20)7-3-14/h2-9,13H,10-12H2,1H3,(H,22,23). The maximum Gasteiger partial charge on any atom is 0.203 e. The minimum Gasteiger partial charge on any atom is -0.383 e. The van der Waals surface area contributed by atoms with Crippen molar-refractivity contribution in [2.45, 2.75) is 13.1 Å². The van der Waals surface area contributed by atoms with Gasteiger partial charge in [0, 0.05) is 25.8 Å². The van der Waals surface area contributed by atoms with Crippen molar-refractivity contribution >= 4 is 5.95 Å². The number of rotatable bonds is 7. The fourth-order valence-electron chi connectivity index (χ4n) is 2.56. The third-order valence-electron chi connectivity index (χ3n) is 3.88. The molecule has 0 spiro atoms. The lowest BCUT2D eigenvalue weighted by atomic mass is 10.1. The minimum absolute atomic E-state index is 0.260. The average Bonchev–Trinajstić information content (AvgIpc) is 3.03. The quantitative estimate of drug-likeness (QED) is 0.702. The van der Waals surface area contributed by atoms with Gasteiger partial charge in [-0.1, -0.05) is 12.1 Å². The minimum atomic E-state index is -0.277. The molecule has 3 aromatic rings. The summed E-state index contributed by atoms with van der Waals surface area (Å²) in [5.41, 5.74) is 2.70. The van der Waals surface area contributed by atoms with Crippen molar-refractivity contribution in [3.05, 3.63) is 71.9 Å². The van der Waals surface area contributed by atoms with Gasteiger partial charge in [-0.2, -0.15) is 0 Å². The van der Waals surface area contributed by atoms with Crippen LogP contribution in [0.2, 0.25) is 0 Å². The topological polar surface area (TPSA) is 39.1 Å². The van der Waals surface area contributed by atoms with Crippen LogP contribution in [0, 0.1) is 11.6 Å². The van der Waals surface area contributed by atoms with Crippen LogP contribution in [0.5, 0.6) is 0 Å². The van der Waals surface area contributed by atoms with Crippen molar-refractivity contribution in [2.75, 3.05) is 19.0 Å². The summed E-state index contributed by atoms with van der Waals surface area (Å²) >= 11 is 0. The number of hydrogen-bond donors (Lipinski definition) is 1. The number of anilines is 1. The highest BCUT2D eigenvalue weighted by molar-refractivity contribution is 5.61. The second-order valence-corrected chi connectivity index (χ2v) is 5.60. The van der Waals surface area contributed by atoms with Crippen LogP contribution < -0.4 is 5.32 Å². The summed E-state index contributed by atoms with van der Waals surface area (Å²) in [5, 5.41) is 3.26. The van der Waals surface area contributed by atoms with E-state index in [1.165, 1.54) is 24.3 Å². The predicted molar refractivity (Wildman–Crippen MR) is 93.2 cm³/mol. The molecule has 4 nitrogen and oxygen atoms in total. The number of nitrogens with zero attached hydrogens (tertiary/aromatic N) is 2. The number of nitrogens with one attached hydrogen (secondary N) is 1. The second kappa shape index (κ2) is 7.90. The first-order valence-electron chi connectivity index (χ1n) is 7.96. The molecule has 1 aromatic heterocycles. The molecular weight excluding hydrogens is 324 g/mol. The first-order valence-corrected chi connectivity index (χ1v) is 7.96. The molecule has 0 unspecified atom stereocenters. The maximum atomic E-state index is 13.2. The Balaban J connectivity index is 1.82. The van der Waals surface area contributed by atoms with Crippen LogP contribution in [0.3, 0.4) is 0 Å². The fourth-order valence-corrected chi connectivity index (χ4v) is 2.56. The zero-order valence-electron chi connectivity index (χ0n) is 13.9. The molecule has 6 heteroatoms. The largest absolute Gasteiger partial charge is 0.383 e. The summed E-state index contributed by atoms with van der Waals surface area (Å²) < 4.78 is 33.3. The lowest BCUT2D eigenvalue weighted by Crippen LogP contribution is -2.11. The Morgan fingerprint density at radius 1 is 1.00 bits per heavy atom. The van der Waals surface area contributed by atoms with E-state index in [1.54, 1.807) is 37.6 Å². The molecule has 0 aliphatic heterocycles. The summed E-state index contributed by atoms with van der Waals surface area (Å²) in [4.78, 5) is 4.43. The smallest absolute Gasteiger partial charge is 0.203 e. The molecule has 0 fully saturated rings. The first-order chi connectivity index (χ1) is 12.2. The van der Waals surface area contributed by atoms with E-state index in [9.17, 15) is 8.78 Å². The zero-order valence-corrected chi connectivity index (χ0v) is 13.9. The molecule has 0 amide bonds. The van der Waals surface area contributed by atoms with Crippen LogP contribution in [-0.4, -0.2) is 23.3 Å². The van der Waals surface area contributed by atoms with Gasteiger partial charge >= 0.3 is 0 Å². The van der Waals surface area contributed by atoms with E-state index in [-0.39, 0.29) is 11.6 Å². The van der Waals surface area contributed by atoms with Gasteiger partial charge in [0.1, 0.15) is 11.6 Å². The highest BCUT2D eigenvalue weighted by atomic mass is 19.1. The molecule has 0 atom stereocenters. The summed E-state index contributed by atoms with van der Waals surface area (Å²) in [6, 6.07) is 12.6. The van der Waals surface area contributed by atoms with Crippen molar-refractivity contribution in [1.29, 1.82) is 0 Å². The Labute approximate surface area is 145 Å². The number of methoxy groups -OCH3 is 1. The van der Waals surface area contributed by atoms with Crippen LogP contribution >= 0.6 is 0 Å². The number of aromatic nitrogens is 2. The molecule has 130 valence electrons. The Morgan fingerprint density at radius 3 is 2.28 bits per heavy atom. The number of hydrogen-bond acceptors (Lipinski definition) is 3. The van der Waals surface area contributed by atoms with Gasteiger partial charge < -0.3 is 14.6 Å². The molecular formula is C19H19F2N3O. The molecule has 0 aliphatic rings. The zero-order chi connectivity index (χ0) is 17.6. The van der Waals surface area contributed by atoms with Crippen LogP contribution in [-0.2, 0) is 17.8 Å². The van der Waals surface area contributed by atoms with Crippen LogP contribution in [0.15, 0.2) is 54.7 Å². The molecule has 1 N–H and O–H groups in total. The molecule has 0 saturated carbocycles. The lowest BCUT2D eigenvalue weighted by Gasteiger charge is -2.13. The van der Waals surface area contributed by atoms with Crippen molar-refractivity contribution < 1.29 is 13.5 Å². The molecule has 1 heterocycles. The highest BCUT2D eigenvalue weighted by Gasteiger charge is 2.12. The highest BCUT2D eigenvalue weighted by Crippen LogP contribution is 2.24. The number of imidazole rings is 1. The van der Waals surface area contributed by atoms with Crippen molar-refractivity contribution in [2.24, 2.45) is 0 Å². The predicted octanol–water partition coefficient (Wildman–Crippen LogP) is 4.09. The number of ether oxygens (including phenoxy) is 1. The Kier molecular flexibility index (Phi) is 5.40. The van der Waals surface area contributed by atoms with E-state index in [0.29, 0.717) is 25.6 Å². The Hall–Kier alpha value is -2.73. The van der Waals surface area contributed by atoms with E-state index in [1.807, 2.05) is 4.57 Å². The van der Waals surface area contributed by atoms with Crippen molar-refractivity contribution in [3.63, 3.8) is 0 Å². The summed E-state index contributed by atoms with van der Waals surface area (Å²) in [6.45, 7) is 1.65. The van der Waals surface area contributed by atoms with Gasteiger partial charge in [-0.25, -0.2) is 13.8 Å². The van der Waals surface area contributed by atoms with Crippen LogP contribution in [0.1, 0.15) is 5.56 Å².